The van der Waals surface area contributed by atoms with E-state index in [1.54, 1.807) is 0 Å². The fourth-order valence-electron chi connectivity index (χ4n) is 0. The second-order valence-corrected chi connectivity index (χ2v) is 2.58. The molecule has 0 unspecified atom stereocenters. The summed E-state index contributed by atoms with van der Waals surface area (Å²) in [5, 5.41) is 0. The average Bonchev–Trinajstić information content (AvgIpc) is 1.12. The van der Waals surface area contributed by atoms with Gasteiger partial charge >= 0.3 is 177 Å². The van der Waals surface area contributed by atoms with Gasteiger partial charge in [-0.3, -0.25) is 0 Å². The molecule has 0 fully saturated rings. The van der Waals surface area contributed by atoms with Crippen molar-refractivity contribution in [2.75, 3.05) is 0 Å². The van der Waals surface area contributed by atoms with Crippen molar-refractivity contribution >= 4 is 15.8 Å². The Labute approximate surface area is 234 Å². The van der Waals surface area contributed by atoms with Crippen molar-refractivity contribution in [1.82, 2.24) is 0 Å². The van der Waals surface area contributed by atoms with Gasteiger partial charge in [-0.1, -0.05) is 0 Å². The number of hydrogen-bond donors (Lipinski definition) is 0. The minimum Gasteiger partial charge on any atom is -1.00 e. The Morgan fingerprint density at radius 3 is 0.556 bits per heavy atom. The third-order valence-electron chi connectivity index (χ3n) is 0. The predicted molar refractivity (Wildman–Crippen MR) is 17.4 cm³/mol. The Morgan fingerprint density at radius 2 is 0.556 bits per heavy atom. The number of halogens is 4. The number of rotatable bonds is 0. The summed E-state index contributed by atoms with van der Waals surface area (Å²) in [5.74, 6) is 0. The largest absolute Gasteiger partial charge is 1.00 e. The summed E-state index contributed by atoms with van der Waals surface area (Å²) < 4.78 is 37.1. The zero-order valence-corrected chi connectivity index (χ0v) is 24.6. The van der Waals surface area contributed by atoms with Gasteiger partial charge in [0.25, 0.3) is 0 Å². The molecule has 0 radical (unpaired) electrons. The molecular formula is F4Na6O6P2. The molecule has 0 N–H and O–H groups in total. The molecule has 0 saturated carbocycles. The van der Waals surface area contributed by atoms with Crippen LogP contribution in [0, 0.1) is 0 Å². The van der Waals surface area contributed by atoms with Crippen LogP contribution in [0.2, 0.25) is 0 Å². The third-order valence-corrected chi connectivity index (χ3v) is 0. The van der Waals surface area contributed by atoms with Gasteiger partial charge in [0.1, 0.15) is 15.8 Å². The summed E-state index contributed by atoms with van der Waals surface area (Å²) in [7, 11) is -11.3. The first kappa shape index (κ1) is 64.8. The molecule has 0 aromatic heterocycles. The maximum atomic E-state index is 10.1. The van der Waals surface area contributed by atoms with Crippen molar-refractivity contribution in [2.45, 2.75) is 0 Å². The predicted octanol–water partition coefficient (Wildman–Crippen LogP) is -26.4. The van der Waals surface area contributed by atoms with Crippen LogP contribution in [0.25, 0.3) is 0 Å². The molecule has 0 aliphatic heterocycles. The number of hydrogen-bond acceptors (Lipinski definition) is 6. The molecule has 18 heteroatoms. The Bertz CT molecular complexity index is 146. The third kappa shape index (κ3) is 268. The van der Waals surface area contributed by atoms with Gasteiger partial charge in [-0.2, -0.15) is 0 Å². The fourth-order valence-corrected chi connectivity index (χ4v) is 0. The summed E-state index contributed by atoms with van der Waals surface area (Å²) in [4.78, 5) is 33.8. The zero-order chi connectivity index (χ0) is 9.00. The molecule has 0 aliphatic rings. The molecule has 0 atom stereocenters. The molecule has 0 spiro atoms. The van der Waals surface area contributed by atoms with Gasteiger partial charge in [0, 0.05) is 0 Å². The van der Waals surface area contributed by atoms with Crippen LogP contribution in [0.1, 0.15) is 0 Å². The molecule has 0 bridgehead atoms. The standard InChI is InChI=1S/2FH2O3P.2FH.6Na/c2*1-5(2,3)4;;;;;;;;/h2*(H2,2,3,4);2*1H;;;;;;/q;;;;6*+1/p-6. The molecule has 80 valence electrons. The van der Waals surface area contributed by atoms with Crippen molar-refractivity contribution in [3.05, 3.63) is 0 Å². The first-order valence-corrected chi connectivity index (χ1v) is 4.30. The van der Waals surface area contributed by atoms with Crippen molar-refractivity contribution in [2.24, 2.45) is 0 Å². The first-order valence-electron chi connectivity index (χ1n) is 1.43. The van der Waals surface area contributed by atoms with Gasteiger partial charge in [-0.25, -0.2) is 8.39 Å². The molecule has 0 rings (SSSR count). The fraction of sp³-hybridized carbons (Fsp3) is 0. The van der Waals surface area contributed by atoms with Crippen LogP contribution < -0.4 is 206 Å². The molecule has 0 aromatic rings. The molecule has 0 heterocycles. The minimum atomic E-state index is -5.64. The van der Waals surface area contributed by atoms with Gasteiger partial charge < -0.3 is 38.1 Å². The zero-order valence-electron chi connectivity index (χ0n) is 10.9. The van der Waals surface area contributed by atoms with Crippen LogP contribution in [0.4, 0.5) is 8.39 Å². The molecule has 0 aliphatic carbocycles. The van der Waals surface area contributed by atoms with E-state index in [0.717, 1.165) is 0 Å². The van der Waals surface area contributed by atoms with Crippen molar-refractivity contribution in [3.8, 4) is 0 Å². The Kier molecular flexibility index (Phi) is 124. The van der Waals surface area contributed by atoms with Crippen LogP contribution in [0.15, 0.2) is 0 Å². The van der Waals surface area contributed by atoms with Crippen LogP contribution in [-0.2, 0) is 9.13 Å². The van der Waals surface area contributed by atoms with E-state index < -0.39 is 15.8 Å². The molecule has 0 aromatic carbocycles. The summed E-state index contributed by atoms with van der Waals surface area (Å²) in [5.41, 5.74) is 0. The van der Waals surface area contributed by atoms with E-state index in [1.807, 2.05) is 0 Å². The second kappa shape index (κ2) is 34.4. The van der Waals surface area contributed by atoms with E-state index in [1.165, 1.54) is 0 Å². The molecule has 0 amide bonds. The van der Waals surface area contributed by atoms with Crippen molar-refractivity contribution in [3.63, 3.8) is 0 Å². The maximum Gasteiger partial charge on any atom is 1.00 e. The van der Waals surface area contributed by atoms with Gasteiger partial charge in [0.05, 0.1) is 0 Å². The quantitative estimate of drug-likeness (QED) is 0.236. The van der Waals surface area contributed by atoms with Crippen LogP contribution >= 0.6 is 15.8 Å². The van der Waals surface area contributed by atoms with E-state index in [-0.39, 0.29) is 187 Å². The molecular weight excluding hydrogens is 372 g/mol. The first-order chi connectivity index (χ1) is 4.00. The van der Waals surface area contributed by atoms with E-state index >= 15 is 0 Å². The van der Waals surface area contributed by atoms with Crippen molar-refractivity contribution in [1.29, 1.82) is 0 Å². The van der Waals surface area contributed by atoms with Gasteiger partial charge in [0.15, 0.2) is 0 Å². The summed E-state index contributed by atoms with van der Waals surface area (Å²) in [6.07, 6.45) is 0. The topological polar surface area (TPSA) is 126 Å². The van der Waals surface area contributed by atoms with E-state index in [0.29, 0.717) is 0 Å². The summed E-state index contributed by atoms with van der Waals surface area (Å²) >= 11 is 0. The molecule has 6 nitrogen and oxygen atoms in total. The SMILES string of the molecule is O=P([O-])([O-])F.O=P([O-])([O-])F.[F-].[F-].[Na+].[Na+].[Na+].[Na+].[Na+].[Na+]. The van der Waals surface area contributed by atoms with Gasteiger partial charge in [0.2, 0.25) is 0 Å². The maximum absolute atomic E-state index is 10.1. The Balaban J connectivity index is -0.00000000615. The van der Waals surface area contributed by atoms with Gasteiger partial charge in [-0.05, 0) is 0 Å². The summed E-state index contributed by atoms with van der Waals surface area (Å²) in [6, 6.07) is 0. The normalized spacial score (nSPS) is 6.56. The minimum absolute atomic E-state index is 0. The second-order valence-electron chi connectivity index (χ2n) is 0.861. The van der Waals surface area contributed by atoms with E-state index in [9.17, 15) is 8.39 Å². The monoisotopic (exact) mass is 372 g/mol. The summed E-state index contributed by atoms with van der Waals surface area (Å²) in [6.45, 7) is 0. The average molecular weight is 372 g/mol. The smallest absolute Gasteiger partial charge is 1.00 e. The Hall–Kier alpha value is 6.02. The van der Waals surface area contributed by atoms with Crippen LogP contribution in [-0.4, -0.2) is 0 Å². The van der Waals surface area contributed by atoms with Crippen LogP contribution in [0.3, 0.4) is 0 Å². The Morgan fingerprint density at radius 1 is 0.556 bits per heavy atom. The van der Waals surface area contributed by atoms with E-state index in [2.05, 4.69) is 0 Å². The van der Waals surface area contributed by atoms with E-state index in [4.69, 9.17) is 28.7 Å². The van der Waals surface area contributed by atoms with Crippen LogP contribution in [0.5, 0.6) is 0 Å². The molecule has 18 heavy (non-hydrogen) atoms. The van der Waals surface area contributed by atoms with Gasteiger partial charge in [-0.15, -0.1) is 0 Å². The molecule has 0 saturated heterocycles. The van der Waals surface area contributed by atoms with Crippen molar-refractivity contribution < 1.29 is 224 Å².